The zero-order valence-electron chi connectivity index (χ0n) is 9.41. The number of aromatic nitrogens is 5. The van der Waals surface area contributed by atoms with E-state index in [4.69, 9.17) is 4.74 Å². The van der Waals surface area contributed by atoms with E-state index >= 15 is 0 Å². The monoisotopic (exact) mass is 305 g/mol. The predicted octanol–water partition coefficient (Wildman–Crippen LogP) is 2.38. The van der Waals surface area contributed by atoms with E-state index in [0.717, 1.165) is 15.8 Å². The van der Waals surface area contributed by atoms with Crippen LogP contribution in [0.15, 0.2) is 35.1 Å². The first-order valence-corrected chi connectivity index (χ1v) is 5.99. The summed E-state index contributed by atoms with van der Waals surface area (Å²) in [5.74, 6) is 1.21. The Bertz CT molecular complexity index is 711. The molecular formula is C11H8BrN5O. The van der Waals surface area contributed by atoms with Gasteiger partial charge in [0.05, 0.1) is 12.4 Å². The summed E-state index contributed by atoms with van der Waals surface area (Å²) in [6.45, 7) is 1.97. The minimum Gasteiger partial charge on any atom is -0.437 e. The summed E-state index contributed by atoms with van der Waals surface area (Å²) in [5.41, 5.74) is 1.55. The van der Waals surface area contributed by atoms with Crippen LogP contribution in [0, 0.1) is 6.92 Å². The molecule has 0 saturated carbocycles. The first kappa shape index (κ1) is 11.1. The van der Waals surface area contributed by atoms with Crippen molar-refractivity contribution in [3.63, 3.8) is 0 Å². The fraction of sp³-hybridized carbons (Fsp3) is 0.0909. The van der Waals surface area contributed by atoms with E-state index in [1.165, 1.54) is 4.52 Å². The van der Waals surface area contributed by atoms with Gasteiger partial charge in [-0.2, -0.15) is 4.52 Å². The lowest BCUT2D eigenvalue weighted by molar-refractivity contribution is 0.439. The van der Waals surface area contributed by atoms with Crippen molar-refractivity contribution >= 4 is 21.6 Å². The molecule has 1 aromatic carbocycles. The predicted molar refractivity (Wildman–Crippen MR) is 67.5 cm³/mol. The zero-order chi connectivity index (χ0) is 12.5. The third-order valence-corrected chi connectivity index (χ3v) is 2.92. The third kappa shape index (κ3) is 1.92. The number of hydrogen-bond donors (Lipinski definition) is 0. The number of benzene rings is 1. The van der Waals surface area contributed by atoms with E-state index in [1.807, 2.05) is 25.1 Å². The van der Waals surface area contributed by atoms with E-state index in [9.17, 15) is 0 Å². The summed E-state index contributed by atoms with van der Waals surface area (Å²) in [5, 5.41) is 11.2. The highest BCUT2D eigenvalue weighted by Gasteiger charge is 2.08. The van der Waals surface area contributed by atoms with Crippen LogP contribution in [0.5, 0.6) is 11.6 Å². The summed E-state index contributed by atoms with van der Waals surface area (Å²) in [7, 11) is 0. The van der Waals surface area contributed by atoms with Crippen molar-refractivity contribution in [3.8, 4) is 11.6 Å². The number of fused-ring (bicyclic) bond motifs is 1. The van der Waals surface area contributed by atoms with Crippen LogP contribution in [0.25, 0.3) is 5.65 Å². The molecule has 0 aliphatic rings. The van der Waals surface area contributed by atoms with Gasteiger partial charge < -0.3 is 4.74 Å². The molecule has 0 spiro atoms. The number of aryl methyl sites for hydroxylation is 1. The van der Waals surface area contributed by atoms with Crippen LogP contribution in [0.2, 0.25) is 0 Å². The summed E-state index contributed by atoms with van der Waals surface area (Å²) in [6.07, 6.45) is 3.14. The molecule has 0 bridgehead atoms. The molecule has 3 aromatic rings. The Hall–Kier alpha value is -2.02. The maximum Gasteiger partial charge on any atom is 0.242 e. The van der Waals surface area contributed by atoms with Crippen LogP contribution >= 0.6 is 15.9 Å². The molecule has 2 heterocycles. The van der Waals surface area contributed by atoms with Crippen LogP contribution in [0.1, 0.15) is 5.56 Å². The first-order chi connectivity index (χ1) is 8.74. The topological polar surface area (TPSA) is 65.2 Å². The van der Waals surface area contributed by atoms with Gasteiger partial charge in [0.1, 0.15) is 5.75 Å². The summed E-state index contributed by atoms with van der Waals surface area (Å²) in [4.78, 5) is 4.03. The summed E-state index contributed by atoms with van der Waals surface area (Å²) >= 11 is 3.41. The van der Waals surface area contributed by atoms with Crippen molar-refractivity contribution in [3.05, 3.63) is 40.6 Å². The molecule has 0 amide bonds. The van der Waals surface area contributed by atoms with Gasteiger partial charge in [-0.15, -0.1) is 5.10 Å². The summed E-state index contributed by atoms with van der Waals surface area (Å²) < 4.78 is 8.27. The number of hydrogen-bond acceptors (Lipinski definition) is 5. The molecule has 0 unspecified atom stereocenters. The fourth-order valence-electron chi connectivity index (χ4n) is 1.56. The quantitative estimate of drug-likeness (QED) is 0.727. The Morgan fingerprint density at radius 2 is 2.17 bits per heavy atom. The second-order valence-electron chi connectivity index (χ2n) is 3.71. The van der Waals surface area contributed by atoms with Crippen LogP contribution in [0.3, 0.4) is 0 Å². The number of ether oxygens (including phenoxy) is 1. The SMILES string of the molecule is Cc1cc(Br)ccc1Oc1cncc2nnnn12. The molecule has 0 N–H and O–H groups in total. The number of rotatable bonds is 2. The van der Waals surface area contributed by atoms with Crippen LogP contribution in [-0.4, -0.2) is 25.0 Å². The van der Waals surface area contributed by atoms with E-state index in [0.29, 0.717) is 11.5 Å². The van der Waals surface area contributed by atoms with Gasteiger partial charge in [-0.25, -0.2) is 0 Å². The molecular weight excluding hydrogens is 298 g/mol. The molecule has 0 aliphatic carbocycles. The second-order valence-corrected chi connectivity index (χ2v) is 4.62. The minimum atomic E-state index is 0.475. The zero-order valence-corrected chi connectivity index (χ0v) is 11.0. The molecule has 18 heavy (non-hydrogen) atoms. The highest BCUT2D eigenvalue weighted by atomic mass is 79.9. The fourth-order valence-corrected chi connectivity index (χ4v) is 2.04. The van der Waals surface area contributed by atoms with Gasteiger partial charge in [-0.1, -0.05) is 15.9 Å². The smallest absolute Gasteiger partial charge is 0.242 e. The van der Waals surface area contributed by atoms with Crippen molar-refractivity contribution in [1.82, 2.24) is 25.0 Å². The van der Waals surface area contributed by atoms with Gasteiger partial charge in [-0.05, 0) is 41.1 Å². The summed E-state index contributed by atoms with van der Waals surface area (Å²) in [6, 6.07) is 5.76. The van der Waals surface area contributed by atoms with Gasteiger partial charge in [0.15, 0.2) is 0 Å². The highest BCUT2D eigenvalue weighted by Crippen LogP contribution is 2.26. The highest BCUT2D eigenvalue weighted by molar-refractivity contribution is 9.10. The Labute approximate surface area is 111 Å². The van der Waals surface area contributed by atoms with Gasteiger partial charge in [0.25, 0.3) is 0 Å². The average Bonchev–Trinajstić information content (AvgIpc) is 2.82. The van der Waals surface area contributed by atoms with Crippen molar-refractivity contribution in [2.24, 2.45) is 0 Å². The Morgan fingerprint density at radius 3 is 3.00 bits per heavy atom. The van der Waals surface area contributed by atoms with Gasteiger partial charge in [0, 0.05) is 4.47 Å². The normalized spacial score (nSPS) is 10.8. The van der Waals surface area contributed by atoms with Gasteiger partial charge in [0.2, 0.25) is 11.5 Å². The molecule has 6 nitrogen and oxygen atoms in total. The van der Waals surface area contributed by atoms with Crippen molar-refractivity contribution in [1.29, 1.82) is 0 Å². The number of tetrazole rings is 1. The molecule has 0 radical (unpaired) electrons. The third-order valence-electron chi connectivity index (χ3n) is 2.43. The van der Waals surface area contributed by atoms with E-state index in [1.54, 1.807) is 12.4 Å². The molecule has 90 valence electrons. The Balaban J connectivity index is 2.03. The first-order valence-electron chi connectivity index (χ1n) is 5.20. The van der Waals surface area contributed by atoms with Crippen LogP contribution in [0.4, 0.5) is 0 Å². The molecule has 3 rings (SSSR count). The molecule has 2 aromatic heterocycles. The lowest BCUT2D eigenvalue weighted by Crippen LogP contribution is -1.97. The van der Waals surface area contributed by atoms with Crippen LogP contribution < -0.4 is 4.74 Å². The lowest BCUT2D eigenvalue weighted by Gasteiger charge is -2.08. The Kier molecular flexibility index (Phi) is 2.67. The number of halogens is 1. The van der Waals surface area contributed by atoms with Crippen molar-refractivity contribution in [2.75, 3.05) is 0 Å². The minimum absolute atomic E-state index is 0.475. The molecule has 0 saturated heterocycles. The molecule has 0 fully saturated rings. The van der Waals surface area contributed by atoms with Gasteiger partial charge in [-0.3, -0.25) is 4.98 Å². The molecule has 0 aliphatic heterocycles. The molecule has 7 heteroatoms. The van der Waals surface area contributed by atoms with Crippen LogP contribution in [-0.2, 0) is 0 Å². The molecule has 0 atom stereocenters. The van der Waals surface area contributed by atoms with E-state index < -0.39 is 0 Å². The van der Waals surface area contributed by atoms with Gasteiger partial charge >= 0.3 is 0 Å². The second kappa shape index (κ2) is 4.34. The maximum absolute atomic E-state index is 5.77. The average molecular weight is 306 g/mol. The standard InChI is InChI=1S/C11H8BrN5O/c1-7-4-8(12)2-3-9(7)18-11-6-13-5-10-14-15-16-17(10)11/h2-6H,1H3. The Morgan fingerprint density at radius 1 is 1.28 bits per heavy atom. The van der Waals surface area contributed by atoms with E-state index in [-0.39, 0.29) is 0 Å². The van der Waals surface area contributed by atoms with Crippen molar-refractivity contribution in [2.45, 2.75) is 6.92 Å². The maximum atomic E-state index is 5.77. The lowest BCUT2D eigenvalue weighted by atomic mass is 10.2. The number of nitrogens with zero attached hydrogens (tertiary/aromatic N) is 5. The van der Waals surface area contributed by atoms with E-state index in [2.05, 4.69) is 36.4 Å². The van der Waals surface area contributed by atoms with Crippen molar-refractivity contribution < 1.29 is 4.74 Å². The largest absolute Gasteiger partial charge is 0.437 e.